The summed E-state index contributed by atoms with van der Waals surface area (Å²) >= 11 is 12.3. The maximum absolute atomic E-state index is 11.1. The zero-order valence-corrected chi connectivity index (χ0v) is 17.4. The molecule has 0 saturated carbocycles. The fraction of sp³-hybridized carbons (Fsp3) is 0.0476. The van der Waals surface area contributed by atoms with Crippen molar-refractivity contribution >= 4 is 51.9 Å². The lowest BCUT2D eigenvalue weighted by Crippen LogP contribution is -1.94. The molecule has 0 unspecified atom stereocenters. The van der Waals surface area contributed by atoms with Gasteiger partial charge in [0.15, 0.2) is 17.1 Å². The molecular weight excluding hydrogens is 445 g/mol. The van der Waals surface area contributed by atoms with Gasteiger partial charge in [-0.3, -0.25) is 15.1 Å². The lowest BCUT2D eigenvalue weighted by atomic mass is 10.1. The highest BCUT2D eigenvalue weighted by Crippen LogP contribution is 2.36. The van der Waals surface area contributed by atoms with Crippen LogP contribution in [0.4, 0.5) is 11.4 Å². The molecule has 0 aliphatic rings. The quantitative estimate of drug-likeness (QED) is 0.217. The third-order valence-electron chi connectivity index (χ3n) is 4.43. The van der Waals surface area contributed by atoms with E-state index in [2.05, 4.69) is 9.98 Å². The minimum atomic E-state index is -0.580. The monoisotopic (exact) mass is 457 g/mol. The number of halogens is 2. The number of nitro groups is 1. The fourth-order valence-electron chi connectivity index (χ4n) is 2.90. The minimum absolute atomic E-state index is 0.0226. The van der Waals surface area contributed by atoms with E-state index in [1.807, 2.05) is 0 Å². The molecule has 4 rings (SSSR count). The van der Waals surface area contributed by atoms with Crippen LogP contribution in [0.15, 0.2) is 57.9 Å². The van der Waals surface area contributed by atoms with Crippen LogP contribution in [0.3, 0.4) is 0 Å². The van der Waals surface area contributed by atoms with Crippen LogP contribution in [0.5, 0.6) is 11.5 Å². The van der Waals surface area contributed by atoms with Crippen molar-refractivity contribution in [3.63, 3.8) is 0 Å². The van der Waals surface area contributed by atoms with Gasteiger partial charge in [-0.1, -0.05) is 29.3 Å². The van der Waals surface area contributed by atoms with E-state index in [0.29, 0.717) is 38.3 Å². The van der Waals surface area contributed by atoms with E-state index in [9.17, 15) is 15.2 Å². The number of aromatic hydroxyl groups is 1. The maximum Gasteiger partial charge on any atom is 0.274 e. The molecule has 31 heavy (non-hydrogen) atoms. The minimum Gasteiger partial charge on any atom is -0.504 e. The Kier molecular flexibility index (Phi) is 5.50. The Hall–Kier alpha value is -3.62. The highest BCUT2D eigenvalue weighted by molar-refractivity contribution is 6.43. The first-order valence-electron chi connectivity index (χ1n) is 8.82. The molecule has 4 aromatic rings. The van der Waals surface area contributed by atoms with Crippen molar-refractivity contribution in [1.82, 2.24) is 4.98 Å². The lowest BCUT2D eigenvalue weighted by molar-refractivity contribution is -0.385. The van der Waals surface area contributed by atoms with Crippen LogP contribution in [0.2, 0.25) is 10.0 Å². The van der Waals surface area contributed by atoms with Gasteiger partial charge in [0.05, 0.1) is 39.4 Å². The summed E-state index contributed by atoms with van der Waals surface area (Å²) in [5, 5.41) is 22.1. The van der Waals surface area contributed by atoms with Crippen LogP contribution in [0.25, 0.3) is 22.6 Å². The molecule has 1 aromatic heterocycles. The Bertz CT molecular complexity index is 1350. The van der Waals surface area contributed by atoms with Gasteiger partial charge in [0.1, 0.15) is 5.52 Å². The number of non-ortho nitro benzene ring substituents is 1. The molecule has 1 heterocycles. The number of rotatable bonds is 5. The summed E-state index contributed by atoms with van der Waals surface area (Å²) in [5.41, 5.74) is 2.01. The average molecular weight is 458 g/mol. The third kappa shape index (κ3) is 4.03. The van der Waals surface area contributed by atoms with Crippen molar-refractivity contribution in [2.45, 2.75) is 0 Å². The van der Waals surface area contributed by atoms with Crippen molar-refractivity contribution in [2.75, 3.05) is 7.11 Å². The number of aliphatic imine (C=N–C) groups is 1. The van der Waals surface area contributed by atoms with Gasteiger partial charge in [0.25, 0.3) is 5.69 Å². The Morgan fingerprint density at radius 1 is 1.23 bits per heavy atom. The first-order chi connectivity index (χ1) is 14.9. The number of benzene rings is 3. The number of nitro benzene ring substituents is 1. The summed E-state index contributed by atoms with van der Waals surface area (Å²) in [6.07, 6.45) is 1.31. The standard InChI is InChI=1S/C21H13Cl2N3O5/c1-30-18-9-13(26(28)29)7-11(20(18)27)10-24-12-5-6-17-16(8-12)25-21(31-17)14-3-2-4-15(22)19(14)23/h2-10,27H,1H3. The van der Waals surface area contributed by atoms with Crippen LogP contribution in [0.1, 0.15) is 5.56 Å². The molecule has 1 N–H and O–H groups in total. The second kappa shape index (κ2) is 8.25. The van der Waals surface area contributed by atoms with Crippen molar-refractivity contribution in [2.24, 2.45) is 4.99 Å². The maximum atomic E-state index is 11.1. The van der Waals surface area contributed by atoms with E-state index in [0.717, 1.165) is 6.07 Å². The van der Waals surface area contributed by atoms with E-state index in [1.165, 1.54) is 19.4 Å². The number of methoxy groups -OCH3 is 1. The number of phenols is 1. The molecule has 10 heteroatoms. The molecule has 0 radical (unpaired) electrons. The van der Waals surface area contributed by atoms with E-state index in [4.69, 9.17) is 32.4 Å². The third-order valence-corrected chi connectivity index (χ3v) is 5.24. The number of hydrogen-bond acceptors (Lipinski definition) is 7. The Morgan fingerprint density at radius 2 is 2.03 bits per heavy atom. The first-order valence-corrected chi connectivity index (χ1v) is 9.57. The van der Waals surface area contributed by atoms with E-state index in [1.54, 1.807) is 36.4 Å². The number of ether oxygens (including phenoxy) is 1. The van der Waals surface area contributed by atoms with Gasteiger partial charge in [-0.25, -0.2) is 4.98 Å². The molecule has 3 aromatic carbocycles. The van der Waals surface area contributed by atoms with Crippen molar-refractivity contribution in [1.29, 1.82) is 0 Å². The number of hydrogen-bond donors (Lipinski definition) is 1. The van der Waals surface area contributed by atoms with Crippen molar-refractivity contribution < 1.29 is 19.2 Å². The van der Waals surface area contributed by atoms with Crippen LogP contribution in [-0.2, 0) is 0 Å². The van der Waals surface area contributed by atoms with Crippen LogP contribution in [-0.4, -0.2) is 28.3 Å². The average Bonchev–Trinajstić information content (AvgIpc) is 3.17. The number of phenolic OH excluding ortho intramolecular Hbond substituents is 1. The predicted octanol–water partition coefficient (Wildman–Crippen LogP) is 6.17. The molecule has 8 nitrogen and oxygen atoms in total. The highest BCUT2D eigenvalue weighted by atomic mass is 35.5. The zero-order chi connectivity index (χ0) is 22.1. The van der Waals surface area contributed by atoms with Gasteiger partial charge < -0.3 is 14.3 Å². The van der Waals surface area contributed by atoms with Crippen LogP contribution < -0.4 is 4.74 Å². The SMILES string of the molecule is COc1cc([N+](=O)[O-])cc(C=Nc2ccc3oc(-c4cccc(Cl)c4Cl)nc3c2)c1O. The molecule has 0 fully saturated rings. The zero-order valence-electron chi connectivity index (χ0n) is 15.9. The molecule has 0 amide bonds. The van der Waals surface area contributed by atoms with E-state index < -0.39 is 4.92 Å². The second-order valence-corrected chi connectivity index (χ2v) is 7.16. The van der Waals surface area contributed by atoms with Gasteiger partial charge in [-0.2, -0.15) is 0 Å². The van der Waals surface area contributed by atoms with Gasteiger partial charge in [-0.15, -0.1) is 0 Å². The van der Waals surface area contributed by atoms with Gasteiger partial charge in [-0.05, 0) is 30.3 Å². The normalized spacial score (nSPS) is 11.3. The highest BCUT2D eigenvalue weighted by Gasteiger charge is 2.16. The Labute approximate surface area is 185 Å². The van der Waals surface area contributed by atoms with E-state index >= 15 is 0 Å². The van der Waals surface area contributed by atoms with E-state index in [-0.39, 0.29) is 22.7 Å². The lowest BCUT2D eigenvalue weighted by Gasteiger charge is -2.05. The predicted molar refractivity (Wildman–Crippen MR) is 118 cm³/mol. The molecule has 0 aliphatic heterocycles. The number of oxazole rings is 1. The van der Waals surface area contributed by atoms with Gasteiger partial charge in [0, 0.05) is 17.8 Å². The number of aromatic nitrogens is 1. The van der Waals surface area contributed by atoms with Crippen molar-refractivity contribution in [3.05, 3.63) is 74.3 Å². The molecule has 156 valence electrons. The topological polar surface area (TPSA) is 111 Å². The van der Waals surface area contributed by atoms with Crippen LogP contribution in [0, 0.1) is 10.1 Å². The largest absolute Gasteiger partial charge is 0.504 e. The summed E-state index contributed by atoms with van der Waals surface area (Å²) in [6.45, 7) is 0. The summed E-state index contributed by atoms with van der Waals surface area (Å²) in [6, 6.07) is 12.5. The molecular formula is C21H13Cl2N3O5. The van der Waals surface area contributed by atoms with Gasteiger partial charge in [0.2, 0.25) is 5.89 Å². The van der Waals surface area contributed by atoms with Gasteiger partial charge >= 0.3 is 0 Å². The summed E-state index contributed by atoms with van der Waals surface area (Å²) in [4.78, 5) is 19.3. The summed E-state index contributed by atoms with van der Waals surface area (Å²) in [5.74, 6) is 0.0348. The summed E-state index contributed by atoms with van der Waals surface area (Å²) < 4.78 is 10.8. The summed E-state index contributed by atoms with van der Waals surface area (Å²) in [7, 11) is 1.31. The second-order valence-electron chi connectivity index (χ2n) is 6.37. The number of fused-ring (bicyclic) bond motifs is 1. The molecule has 0 spiro atoms. The first kappa shape index (κ1) is 20.6. The fourth-order valence-corrected chi connectivity index (χ4v) is 3.28. The number of nitrogens with zero attached hydrogens (tertiary/aromatic N) is 3. The Morgan fingerprint density at radius 3 is 2.77 bits per heavy atom. The molecule has 0 bridgehead atoms. The van der Waals surface area contributed by atoms with Crippen molar-refractivity contribution in [3.8, 4) is 23.0 Å². The van der Waals surface area contributed by atoms with Crippen LogP contribution >= 0.6 is 23.2 Å². The Balaban J connectivity index is 1.70. The smallest absolute Gasteiger partial charge is 0.274 e. The molecule has 0 aliphatic carbocycles. The molecule has 0 atom stereocenters. The molecule has 0 saturated heterocycles.